The number of benzene rings is 1. The molecule has 0 N–H and O–H groups in total. The van der Waals surface area contributed by atoms with Gasteiger partial charge in [-0.2, -0.15) is 0 Å². The second kappa shape index (κ2) is 8.24. The third-order valence-corrected chi connectivity index (χ3v) is 2.74. The molecular weight excluding hydrogens is 236 g/mol. The molecule has 0 heterocycles. The number of unbranched alkanes of at least 4 members (excludes halogenated alkanes) is 2. The van der Waals surface area contributed by atoms with E-state index in [1.54, 1.807) is 0 Å². The highest BCUT2D eigenvalue weighted by Crippen LogP contribution is 2.29. The predicted molar refractivity (Wildman–Crippen MR) is 72.3 cm³/mol. The molecule has 0 aliphatic heterocycles. The van der Waals surface area contributed by atoms with Gasteiger partial charge >= 0.3 is 0 Å². The van der Waals surface area contributed by atoms with Crippen molar-refractivity contribution in [2.24, 2.45) is 0 Å². The summed E-state index contributed by atoms with van der Waals surface area (Å²) in [6.07, 6.45) is 4.35. The van der Waals surface area contributed by atoms with Gasteiger partial charge in [0.1, 0.15) is 11.5 Å². The molecule has 17 heavy (non-hydrogen) atoms. The summed E-state index contributed by atoms with van der Waals surface area (Å²) in [5.41, 5.74) is 0. The molecule has 0 saturated heterocycles. The maximum Gasteiger partial charge on any atom is 0.141 e. The van der Waals surface area contributed by atoms with Gasteiger partial charge in [-0.3, -0.25) is 0 Å². The first-order valence-electron chi connectivity index (χ1n) is 6.33. The van der Waals surface area contributed by atoms with Crippen LogP contribution in [0.4, 0.5) is 0 Å². The third kappa shape index (κ3) is 5.31. The lowest BCUT2D eigenvalue weighted by Crippen LogP contribution is -1.99. The first kappa shape index (κ1) is 14.2. The zero-order valence-corrected chi connectivity index (χ0v) is 11.4. The van der Waals surface area contributed by atoms with E-state index in [0.29, 0.717) is 17.4 Å². The Morgan fingerprint density at radius 3 is 2.29 bits per heavy atom. The number of ether oxygens (including phenoxy) is 2. The van der Waals surface area contributed by atoms with Gasteiger partial charge in [0.15, 0.2) is 0 Å². The van der Waals surface area contributed by atoms with Gasteiger partial charge in [-0.1, -0.05) is 38.3 Å². The Morgan fingerprint density at radius 2 is 1.65 bits per heavy atom. The highest BCUT2D eigenvalue weighted by atomic mass is 35.5. The minimum absolute atomic E-state index is 0.643. The fourth-order valence-electron chi connectivity index (χ4n) is 1.34. The van der Waals surface area contributed by atoms with Gasteiger partial charge in [-0.05, 0) is 25.0 Å². The molecule has 0 aromatic heterocycles. The monoisotopic (exact) mass is 256 g/mol. The SMILES string of the molecule is CCCCOc1ccc(Cl)c(OCCCC)c1. The van der Waals surface area contributed by atoms with Crippen LogP contribution in [0.1, 0.15) is 39.5 Å². The highest BCUT2D eigenvalue weighted by Gasteiger charge is 2.04. The van der Waals surface area contributed by atoms with Crippen molar-refractivity contribution in [3.8, 4) is 11.5 Å². The molecule has 1 aromatic carbocycles. The molecule has 96 valence electrons. The first-order chi connectivity index (χ1) is 8.27. The summed E-state index contributed by atoms with van der Waals surface area (Å²) in [7, 11) is 0. The van der Waals surface area contributed by atoms with Gasteiger partial charge in [0.25, 0.3) is 0 Å². The maximum absolute atomic E-state index is 6.06. The molecule has 0 spiro atoms. The lowest BCUT2D eigenvalue weighted by atomic mass is 10.3. The summed E-state index contributed by atoms with van der Waals surface area (Å²) in [5.74, 6) is 1.54. The molecule has 0 radical (unpaired) electrons. The van der Waals surface area contributed by atoms with Crippen molar-refractivity contribution in [1.29, 1.82) is 0 Å². The van der Waals surface area contributed by atoms with Crippen LogP contribution in [0.15, 0.2) is 18.2 Å². The Bertz CT molecular complexity index is 326. The highest BCUT2D eigenvalue weighted by molar-refractivity contribution is 6.32. The van der Waals surface area contributed by atoms with Crippen LogP contribution in [0.25, 0.3) is 0 Å². The molecule has 0 aliphatic carbocycles. The molecule has 3 heteroatoms. The summed E-state index contributed by atoms with van der Waals surface area (Å²) in [5, 5.41) is 0.643. The topological polar surface area (TPSA) is 18.5 Å². The predicted octanol–water partition coefficient (Wildman–Crippen LogP) is 4.70. The Balaban J connectivity index is 2.53. The van der Waals surface area contributed by atoms with Crippen LogP contribution in [0.5, 0.6) is 11.5 Å². The van der Waals surface area contributed by atoms with E-state index >= 15 is 0 Å². The lowest BCUT2D eigenvalue weighted by molar-refractivity contribution is 0.294. The van der Waals surface area contributed by atoms with Crippen molar-refractivity contribution < 1.29 is 9.47 Å². The third-order valence-electron chi connectivity index (χ3n) is 2.42. The Kier molecular flexibility index (Phi) is 6.87. The molecule has 1 aromatic rings. The van der Waals surface area contributed by atoms with E-state index in [-0.39, 0.29) is 0 Å². The van der Waals surface area contributed by atoms with E-state index in [4.69, 9.17) is 21.1 Å². The maximum atomic E-state index is 6.06. The fourth-order valence-corrected chi connectivity index (χ4v) is 1.52. The average Bonchev–Trinajstić information content (AvgIpc) is 2.33. The lowest BCUT2D eigenvalue weighted by Gasteiger charge is -2.10. The molecule has 0 bridgehead atoms. The van der Waals surface area contributed by atoms with Crippen molar-refractivity contribution >= 4 is 11.6 Å². The van der Waals surface area contributed by atoms with Gasteiger partial charge in [0, 0.05) is 6.07 Å². The molecule has 0 atom stereocenters. The second-order valence-electron chi connectivity index (χ2n) is 4.00. The van der Waals surface area contributed by atoms with Gasteiger partial charge < -0.3 is 9.47 Å². The van der Waals surface area contributed by atoms with Crippen LogP contribution in [0.2, 0.25) is 5.02 Å². The zero-order chi connectivity index (χ0) is 12.5. The van der Waals surface area contributed by atoms with Crippen LogP contribution in [0, 0.1) is 0 Å². The normalized spacial score (nSPS) is 10.3. The minimum atomic E-state index is 0.643. The summed E-state index contributed by atoms with van der Waals surface area (Å²) < 4.78 is 11.2. The summed E-state index contributed by atoms with van der Waals surface area (Å²) >= 11 is 6.06. The van der Waals surface area contributed by atoms with Crippen molar-refractivity contribution in [2.75, 3.05) is 13.2 Å². The van der Waals surface area contributed by atoms with E-state index in [2.05, 4.69) is 13.8 Å². The summed E-state index contributed by atoms with van der Waals surface area (Å²) in [4.78, 5) is 0. The molecule has 2 nitrogen and oxygen atoms in total. The van der Waals surface area contributed by atoms with Gasteiger partial charge in [-0.15, -0.1) is 0 Å². The van der Waals surface area contributed by atoms with Crippen LogP contribution in [0.3, 0.4) is 0 Å². The molecule has 0 saturated carbocycles. The molecule has 0 amide bonds. The molecular formula is C14H21ClO2. The van der Waals surface area contributed by atoms with E-state index in [1.165, 1.54) is 0 Å². The van der Waals surface area contributed by atoms with Crippen LogP contribution < -0.4 is 9.47 Å². The Morgan fingerprint density at radius 1 is 1.00 bits per heavy atom. The molecule has 0 aliphatic rings. The van der Waals surface area contributed by atoms with Crippen molar-refractivity contribution in [3.05, 3.63) is 23.2 Å². The van der Waals surface area contributed by atoms with Gasteiger partial charge in [0.2, 0.25) is 0 Å². The quantitative estimate of drug-likeness (QED) is 0.628. The number of hydrogen-bond donors (Lipinski definition) is 0. The van der Waals surface area contributed by atoms with Gasteiger partial charge in [-0.25, -0.2) is 0 Å². The Labute approximate surface area is 109 Å². The van der Waals surface area contributed by atoms with Crippen molar-refractivity contribution in [3.63, 3.8) is 0 Å². The van der Waals surface area contributed by atoms with E-state index < -0.39 is 0 Å². The fraction of sp³-hybridized carbons (Fsp3) is 0.571. The molecule has 1 rings (SSSR count). The van der Waals surface area contributed by atoms with E-state index in [0.717, 1.165) is 38.0 Å². The second-order valence-corrected chi connectivity index (χ2v) is 4.40. The summed E-state index contributed by atoms with van der Waals surface area (Å²) in [6.45, 7) is 5.72. The van der Waals surface area contributed by atoms with E-state index in [1.807, 2.05) is 18.2 Å². The number of halogens is 1. The summed E-state index contributed by atoms with van der Waals surface area (Å²) in [6, 6.07) is 5.57. The van der Waals surface area contributed by atoms with Crippen LogP contribution >= 0.6 is 11.6 Å². The minimum Gasteiger partial charge on any atom is -0.493 e. The van der Waals surface area contributed by atoms with Crippen LogP contribution in [-0.2, 0) is 0 Å². The average molecular weight is 257 g/mol. The van der Waals surface area contributed by atoms with Crippen molar-refractivity contribution in [2.45, 2.75) is 39.5 Å². The van der Waals surface area contributed by atoms with Crippen LogP contribution in [-0.4, -0.2) is 13.2 Å². The molecule has 0 fully saturated rings. The van der Waals surface area contributed by atoms with Crippen molar-refractivity contribution in [1.82, 2.24) is 0 Å². The first-order valence-corrected chi connectivity index (χ1v) is 6.70. The molecule has 0 unspecified atom stereocenters. The van der Waals surface area contributed by atoms with E-state index in [9.17, 15) is 0 Å². The Hall–Kier alpha value is -0.890. The largest absolute Gasteiger partial charge is 0.493 e. The number of hydrogen-bond acceptors (Lipinski definition) is 2. The zero-order valence-electron chi connectivity index (χ0n) is 10.7. The van der Waals surface area contributed by atoms with Gasteiger partial charge in [0.05, 0.1) is 18.2 Å². The number of rotatable bonds is 8. The smallest absolute Gasteiger partial charge is 0.141 e. The standard InChI is InChI=1S/C14H21ClO2/c1-3-5-9-16-12-7-8-13(15)14(11-12)17-10-6-4-2/h7-8,11H,3-6,9-10H2,1-2H3.